The van der Waals surface area contributed by atoms with Crippen molar-refractivity contribution >= 4 is 40.0 Å². The number of halogens is 1. The number of rotatable bonds is 5. The molecular formula is C21H19FN2O4S. The first-order chi connectivity index (χ1) is 13.7. The van der Waals surface area contributed by atoms with Crippen molar-refractivity contribution in [1.82, 2.24) is 5.32 Å². The predicted molar refractivity (Wildman–Crippen MR) is 109 cm³/mol. The van der Waals surface area contributed by atoms with E-state index in [0.717, 1.165) is 16.0 Å². The average Bonchev–Trinajstić information content (AvgIpc) is 3.28. The molecular weight excluding hydrogens is 395 g/mol. The van der Waals surface area contributed by atoms with E-state index in [9.17, 15) is 14.0 Å². The fourth-order valence-electron chi connectivity index (χ4n) is 3.52. The minimum atomic E-state index is -0.902. The summed E-state index contributed by atoms with van der Waals surface area (Å²) >= 11 is 1.52. The molecule has 150 valence electrons. The Morgan fingerprint density at radius 1 is 1.34 bits per heavy atom. The standard InChI is InChI=1S/C21H19FN2O4S/c1-21(2)15(11-5-13(29-10-11)8-23-9-18(25)26)7-17(28-21)19-14-4-3-12(22)6-16(14)24-20(19)27/h3-7,10,23H,8-9H2,1-2H3,(H,24,27)(H,25,26)/b19-17+. The van der Waals surface area contributed by atoms with E-state index in [0.29, 0.717) is 29.1 Å². The Hall–Kier alpha value is -2.97. The molecule has 1 aromatic carbocycles. The first kappa shape index (κ1) is 19.4. The van der Waals surface area contributed by atoms with Crippen LogP contribution in [0.2, 0.25) is 0 Å². The van der Waals surface area contributed by atoms with E-state index >= 15 is 0 Å². The van der Waals surface area contributed by atoms with Crippen LogP contribution < -0.4 is 10.6 Å². The third-order valence-electron chi connectivity index (χ3n) is 4.80. The number of carbonyl (C=O) groups is 2. The monoisotopic (exact) mass is 414 g/mol. The molecule has 2 aromatic rings. The van der Waals surface area contributed by atoms with Crippen LogP contribution in [-0.2, 0) is 20.9 Å². The number of ether oxygens (including phenoxy) is 1. The van der Waals surface area contributed by atoms with Gasteiger partial charge in [-0.15, -0.1) is 11.3 Å². The molecule has 1 amide bonds. The van der Waals surface area contributed by atoms with E-state index in [2.05, 4.69) is 10.6 Å². The summed E-state index contributed by atoms with van der Waals surface area (Å²) in [6.45, 7) is 4.20. The first-order valence-electron chi connectivity index (χ1n) is 9.01. The van der Waals surface area contributed by atoms with Crippen molar-refractivity contribution in [3.05, 3.63) is 63.3 Å². The van der Waals surface area contributed by atoms with Crippen molar-refractivity contribution in [3.8, 4) is 0 Å². The fourth-order valence-corrected chi connectivity index (χ4v) is 4.37. The number of hydrogen-bond donors (Lipinski definition) is 3. The molecule has 0 fully saturated rings. The van der Waals surface area contributed by atoms with E-state index in [1.807, 2.05) is 31.4 Å². The zero-order valence-corrected chi connectivity index (χ0v) is 16.7. The van der Waals surface area contributed by atoms with Crippen molar-refractivity contribution in [2.45, 2.75) is 26.0 Å². The number of hydrogen-bond acceptors (Lipinski definition) is 5. The van der Waals surface area contributed by atoms with Gasteiger partial charge in [-0.25, -0.2) is 4.39 Å². The van der Waals surface area contributed by atoms with Crippen LogP contribution in [0.4, 0.5) is 10.1 Å². The maximum Gasteiger partial charge on any atom is 0.317 e. The van der Waals surface area contributed by atoms with Crippen LogP contribution in [0.15, 0.2) is 41.5 Å². The minimum absolute atomic E-state index is 0.101. The summed E-state index contributed by atoms with van der Waals surface area (Å²) in [5.74, 6) is -1.19. The second-order valence-corrected chi connectivity index (χ2v) is 8.35. The van der Waals surface area contributed by atoms with Crippen LogP contribution in [0, 0.1) is 5.82 Å². The average molecular weight is 414 g/mol. The maximum absolute atomic E-state index is 13.5. The van der Waals surface area contributed by atoms with Crippen molar-refractivity contribution in [1.29, 1.82) is 0 Å². The normalized spacial score (nSPS) is 19.6. The van der Waals surface area contributed by atoms with Gasteiger partial charge in [0, 0.05) is 22.6 Å². The third-order valence-corrected chi connectivity index (χ3v) is 5.74. The van der Waals surface area contributed by atoms with E-state index in [4.69, 9.17) is 9.84 Å². The molecule has 2 aliphatic rings. The summed E-state index contributed by atoms with van der Waals surface area (Å²) in [4.78, 5) is 24.1. The summed E-state index contributed by atoms with van der Waals surface area (Å²) in [7, 11) is 0. The molecule has 3 N–H and O–H groups in total. The van der Waals surface area contributed by atoms with Gasteiger partial charge in [0.1, 0.15) is 17.2 Å². The van der Waals surface area contributed by atoms with Gasteiger partial charge in [-0.3, -0.25) is 9.59 Å². The molecule has 0 spiro atoms. The number of nitrogens with one attached hydrogen (secondary N) is 2. The van der Waals surface area contributed by atoms with Crippen LogP contribution >= 0.6 is 11.3 Å². The summed E-state index contributed by atoms with van der Waals surface area (Å²) in [6.07, 6.45) is 1.85. The molecule has 0 aliphatic carbocycles. The van der Waals surface area contributed by atoms with Gasteiger partial charge in [0.25, 0.3) is 5.91 Å². The topological polar surface area (TPSA) is 87.7 Å². The van der Waals surface area contributed by atoms with Gasteiger partial charge in [0.15, 0.2) is 0 Å². The highest BCUT2D eigenvalue weighted by Crippen LogP contribution is 2.45. The van der Waals surface area contributed by atoms with Gasteiger partial charge in [-0.05, 0) is 55.1 Å². The maximum atomic E-state index is 13.5. The largest absolute Gasteiger partial charge is 0.482 e. The Morgan fingerprint density at radius 2 is 2.14 bits per heavy atom. The molecule has 0 bridgehead atoms. The molecule has 0 unspecified atom stereocenters. The molecule has 29 heavy (non-hydrogen) atoms. The van der Waals surface area contributed by atoms with E-state index in [1.54, 1.807) is 6.07 Å². The highest BCUT2D eigenvalue weighted by Gasteiger charge is 2.38. The van der Waals surface area contributed by atoms with Crippen molar-refractivity contribution in [2.24, 2.45) is 0 Å². The van der Waals surface area contributed by atoms with E-state index < -0.39 is 17.4 Å². The summed E-state index contributed by atoms with van der Waals surface area (Å²) in [5.41, 5.74) is 2.66. The SMILES string of the molecule is CC1(C)O/C(=C2/C(=O)Nc3cc(F)ccc32)C=C1c1csc(CNCC(=O)O)c1. The summed E-state index contributed by atoms with van der Waals surface area (Å²) in [6, 6.07) is 6.17. The third kappa shape index (κ3) is 3.68. The van der Waals surface area contributed by atoms with Crippen LogP contribution in [0.1, 0.15) is 29.9 Å². The molecule has 0 saturated heterocycles. The lowest BCUT2D eigenvalue weighted by Gasteiger charge is -2.22. The van der Waals surface area contributed by atoms with Gasteiger partial charge in [0.2, 0.25) is 0 Å². The quantitative estimate of drug-likeness (QED) is 0.651. The highest BCUT2D eigenvalue weighted by atomic mass is 32.1. The lowest BCUT2D eigenvalue weighted by Crippen LogP contribution is -2.21. The number of fused-ring (bicyclic) bond motifs is 1. The molecule has 0 atom stereocenters. The molecule has 4 rings (SSSR count). The number of benzene rings is 1. The summed E-state index contributed by atoms with van der Waals surface area (Å²) in [5, 5.41) is 16.3. The van der Waals surface area contributed by atoms with Crippen molar-refractivity contribution in [3.63, 3.8) is 0 Å². The van der Waals surface area contributed by atoms with Crippen molar-refractivity contribution in [2.75, 3.05) is 11.9 Å². The smallest absolute Gasteiger partial charge is 0.317 e. The Labute approximate surface area is 170 Å². The van der Waals surface area contributed by atoms with Crippen LogP contribution in [0.3, 0.4) is 0 Å². The second kappa shape index (κ2) is 7.13. The number of carbonyl (C=O) groups excluding carboxylic acids is 1. The minimum Gasteiger partial charge on any atom is -0.482 e. The van der Waals surface area contributed by atoms with Crippen molar-refractivity contribution < 1.29 is 23.8 Å². The molecule has 0 saturated carbocycles. The number of thiophene rings is 1. The zero-order valence-electron chi connectivity index (χ0n) is 15.8. The van der Waals surface area contributed by atoms with E-state index in [1.165, 1.54) is 23.5 Å². The molecule has 6 nitrogen and oxygen atoms in total. The number of amides is 1. The molecule has 0 radical (unpaired) electrons. The fraction of sp³-hybridized carbons (Fsp3) is 0.238. The predicted octanol–water partition coefficient (Wildman–Crippen LogP) is 3.62. The van der Waals surface area contributed by atoms with Crippen LogP contribution in [0.25, 0.3) is 11.1 Å². The Balaban J connectivity index is 1.67. The molecule has 8 heteroatoms. The molecule has 3 heterocycles. The Kier molecular flexibility index (Phi) is 4.76. The molecule has 1 aromatic heterocycles. The first-order valence-corrected chi connectivity index (χ1v) is 9.89. The van der Waals surface area contributed by atoms with Gasteiger partial charge < -0.3 is 20.5 Å². The molecule has 2 aliphatic heterocycles. The number of aliphatic carboxylic acids is 1. The number of allylic oxidation sites excluding steroid dienone is 1. The van der Waals surface area contributed by atoms with Crippen LogP contribution in [0.5, 0.6) is 0 Å². The van der Waals surface area contributed by atoms with Crippen LogP contribution in [-0.4, -0.2) is 29.1 Å². The number of carboxylic acid groups (broad SMARTS) is 1. The second-order valence-electron chi connectivity index (χ2n) is 7.35. The highest BCUT2D eigenvalue weighted by molar-refractivity contribution is 7.10. The number of carboxylic acids is 1. The van der Waals surface area contributed by atoms with Gasteiger partial charge in [0.05, 0.1) is 17.8 Å². The summed E-state index contributed by atoms with van der Waals surface area (Å²) < 4.78 is 19.6. The van der Waals surface area contributed by atoms with Gasteiger partial charge in [-0.2, -0.15) is 0 Å². The Bertz CT molecular complexity index is 1080. The number of anilines is 1. The zero-order chi connectivity index (χ0) is 20.8. The van der Waals surface area contributed by atoms with E-state index in [-0.39, 0.29) is 12.5 Å². The van der Waals surface area contributed by atoms with Gasteiger partial charge >= 0.3 is 5.97 Å². The lowest BCUT2D eigenvalue weighted by atomic mass is 9.94. The lowest BCUT2D eigenvalue weighted by molar-refractivity contribution is -0.136. The van der Waals surface area contributed by atoms with Gasteiger partial charge in [-0.1, -0.05) is 0 Å². The Morgan fingerprint density at radius 3 is 2.90 bits per heavy atom.